The second-order valence-electron chi connectivity index (χ2n) is 5.57. The van der Waals surface area contributed by atoms with Gasteiger partial charge in [-0.2, -0.15) is 0 Å². The van der Waals surface area contributed by atoms with Gasteiger partial charge in [0.25, 0.3) is 0 Å². The van der Waals surface area contributed by atoms with Crippen molar-refractivity contribution in [1.29, 1.82) is 0 Å². The quantitative estimate of drug-likeness (QED) is 0.865. The number of aromatic carboxylic acids is 1. The van der Waals surface area contributed by atoms with E-state index in [0.717, 1.165) is 0 Å². The first-order chi connectivity index (χ1) is 9.72. The van der Waals surface area contributed by atoms with Crippen LogP contribution >= 0.6 is 11.6 Å². The molecule has 0 saturated heterocycles. The number of carbonyl (C=O) groups is 2. The molecule has 0 atom stereocenters. The van der Waals surface area contributed by atoms with Crippen LogP contribution in [-0.2, 0) is 0 Å². The van der Waals surface area contributed by atoms with Gasteiger partial charge >= 0.3 is 12.0 Å². The minimum atomic E-state index is -1.11. The van der Waals surface area contributed by atoms with Crippen molar-refractivity contribution in [3.05, 3.63) is 28.8 Å². The van der Waals surface area contributed by atoms with E-state index in [-0.39, 0.29) is 23.3 Å². The summed E-state index contributed by atoms with van der Waals surface area (Å²) in [6, 6.07) is 3.98. The summed E-state index contributed by atoms with van der Waals surface area (Å²) in [6.07, 6.45) is 0. The fourth-order valence-corrected chi connectivity index (χ4v) is 2.09. The highest BCUT2D eigenvalue weighted by molar-refractivity contribution is 6.31. The maximum absolute atomic E-state index is 12.4. The number of carbonyl (C=O) groups excluding carboxylic acids is 1. The number of amides is 2. The van der Waals surface area contributed by atoms with Gasteiger partial charge in [0.15, 0.2) is 0 Å². The van der Waals surface area contributed by atoms with Gasteiger partial charge < -0.3 is 15.3 Å². The molecule has 0 fully saturated rings. The Labute approximate surface area is 129 Å². The van der Waals surface area contributed by atoms with Crippen LogP contribution < -0.4 is 5.32 Å². The molecule has 1 rings (SSSR count). The van der Waals surface area contributed by atoms with Crippen LogP contribution in [0.2, 0.25) is 5.02 Å². The summed E-state index contributed by atoms with van der Waals surface area (Å²) in [4.78, 5) is 25.2. The van der Waals surface area contributed by atoms with Crippen molar-refractivity contribution in [1.82, 2.24) is 4.90 Å². The Bertz CT molecular complexity index is 530. The van der Waals surface area contributed by atoms with E-state index >= 15 is 0 Å². The fourth-order valence-electron chi connectivity index (χ4n) is 1.92. The van der Waals surface area contributed by atoms with Crippen molar-refractivity contribution in [3.63, 3.8) is 0 Å². The lowest BCUT2D eigenvalue weighted by atomic mass is 10.1. The Hall–Kier alpha value is -1.75. The Balaban J connectivity index is 3.00. The zero-order valence-electron chi connectivity index (χ0n) is 12.7. The van der Waals surface area contributed by atoms with Crippen LogP contribution in [0.1, 0.15) is 38.1 Å². The number of carboxylic acids is 1. The lowest BCUT2D eigenvalue weighted by Crippen LogP contribution is -2.42. The highest BCUT2D eigenvalue weighted by atomic mass is 35.5. The van der Waals surface area contributed by atoms with E-state index in [1.54, 1.807) is 4.90 Å². The monoisotopic (exact) mass is 312 g/mol. The molecule has 2 N–H and O–H groups in total. The normalized spacial score (nSPS) is 10.8. The third kappa shape index (κ3) is 4.93. The van der Waals surface area contributed by atoms with Gasteiger partial charge in [-0.1, -0.05) is 25.4 Å². The summed E-state index contributed by atoms with van der Waals surface area (Å²) in [7, 11) is 0. The van der Waals surface area contributed by atoms with Crippen LogP contribution in [0.25, 0.3) is 0 Å². The third-order valence-corrected chi connectivity index (χ3v) is 3.13. The first kappa shape index (κ1) is 17.3. The number of anilines is 1. The zero-order valence-corrected chi connectivity index (χ0v) is 13.4. The molecule has 0 aliphatic rings. The maximum atomic E-state index is 12.4. The Morgan fingerprint density at radius 3 is 2.38 bits per heavy atom. The van der Waals surface area contributed by atoms with Crippen LogP contribution in [-0.4, -0.2) is 34.6 Å². The SMILES string of the molecule is CC(C)CN(C(=O)Nc1cc(Cl)ccc1C(=O)O)C(C)C. The topological polar surface area (TPSA) is 69.6 Å². The molecular weight excluding hydrogens is 292 g/mol. The number of nitrogens with one attached hydrogen (secondary N) is 1. The summed E-state index contributed by atoms with van der Waals surface area (Å²) >= 11 is 5.87. The van der Waals surface area contributed by atoms with Gasteiger partial charge in [-0.05, 0) is 38.0 Å². The van der Waals surface area contributed by atoms with Crippen LogP contribution in [0.5, 0.6) is 0 Å². The first-order valence-electron chi connectivity index (χ1n) is 6.82. The number of nitrogens with zero attached hydrogens (tertiary/aromatic N) is 1. The molecule has 0 spiro atoms. The van der Waals surface area contributed by atoms with Gasteiger partial charge in [0.2, 0.25) is 0 Å². The summed E-state index contributed by atoms with van der Waals surface area (Å²) in [5, 5.41) is 12.2. The molecule has 116 valence electrons. The van der Waals surface area contributed by atoms with Crippen molar-refractivity contribution in [2.75, 3.05) is 11.9 Å². The Morgan fingerprint density at radius 2 is 1.90 bits per heavy atom. The fraction of sp³-hybridized carbons (Fsp3) is 0.467. The van der Waals surface area contributed by atoms with Gasteiger partial charge in [0.05, 0.1) is 11.3 Å². The predicted molar refractivity (Wildman–Crippen MR) is 84.1 cm³/mol. The molecular formula is C15H21ClN2O3. The number of hydrogen-bond donors (Lipinski definition) is 2. The standard InChI is InChI=1S/C15H21ClN2O3/c1-9(2)8-18(10(3)4)15(21)17-13-7-11(16)5-6-12(13)14(19)20/h5-7,9-10H,8H2,1-4H3,(H,17,21)(H,19,20). The molecule has 0 saturated carbocycles. The van der Waals surface area contributed by atoms with Crippen molar-refractivity contribution in [2.24, 2.45) is 5.92 Å². The molecule has 0 radical (unpaired) electrons. The third-order valence-electron chi connectivity index (χ3n) is 2.90. The van der Waals surface area contributed by atoms with Crippen LogP contribution in [0, 0.1) is 5.92 Å². The molecule has 6 heteroatoms. The van der Waals surface area contributed by atoms with Crippen LogP contribution in [0.15, 0.2) is 18.2 Å². The average molecular weight is 313 g/mol. The van der Waals surface area contributed by atoms with E-state index in [1.807, 2.05) is 27.7 Å². The lowest BCUT2D eigenvalue weighted by molar-refractivity contribution is 0.0698. The smallest absolute Gasteiger partial charge is 0.337 e. The Morgan fingerprint density at radius 1 is 1.29 bits per heavy atom. The van der Waals surface area contributed by atoms with Crippen molar-refractivity contribution < 1.29 is 14.7 Å². The molecule has 0 heterocycles. The van der Waals surface area contributed by atoms with E-state index in [9.17, 15) is 9.59 Å². The number of benzene rings is 1. The molecule has 5 nitrogen and oxygen atoms in total. The highest BCUT2D eigenvalue weighted by Crippen LogP contribution is 2.22. The second kappa shape index (κ2) is 7.31. The zero-order chi connectivity index (χ0) is 16.2. The summed E-state index contributed by atoms with van der Waals surface area (Å²) in [6.45, 7) is 8.46. The van der Waals surface area contributed by atoms with Gasteiger partial charge in [0.1, 0.15) is 0 Å². The summed E-state index contributed by atoms with van der Waals surface area (Å²) < 4.78 is 0. The number of rotatable bonds is 5. The summed E-state index contributed by atoms with van der Waals surface area (Å²) in [5.74, 6) is -0.793. The number of halogens is 1. The molecule has 0 aliphatic heterocycles. The van der Waals surface area contributed by atoms with Gasteiger partial charge in [0, 0.05) is 17.6 Å². The number of urea groups is 1. The van der Waals surface area contributed by atoms with E-state index in [0.29, 0.717) is 17.5 Å². The minimum absolute atomic E-state index is 0.0138. The molecule has 0 unspecified atom stereocenters. The first-order valence-corrected chi connectivity index (χ1v) is 7.20. The largest absolute Gasteiger partial charge is 0.478 e. The average Bonchev–Trinajstić information content (AvgIpc) is 2.34. The van der Waals surface area contributed by atoms with Crippen molar-refractivity contribution >= 4 is 29.3 Å². The van der Waals surface area contributed by atoms with Crippen LogP contribution in [0.3, 0.4) is 0 Å². The molecule has 0 bridgehead atoms. The van der Waals surface area contributed by atoms with Crippen molar-refractivity contribution in [2.45, 2.75) is 33.7 Å². The van der Waals surface area contributed by atoms with Crippen molar-refractivity contribution in [3.8, 4) is 0 Å². The predicted octanol–water partition coefficient (Wildman–Crippen LogP) is 3.94. The van der Waals surface area contributed by atoms with Gasteiger partial charge in [-0.3, -0.25) is 0 Å². The second-order valence-corrected chi connectivity index (χ2v) is 6.00. The van der Waals surface area contributed by atoms with E-state index in [4.69, 9.17) is 16.7 Å². The van der Waals surface area contributed by atoms with Gasteiger partial charge in [-0.15, -0.1) is 0 Å². The molecule has 0 aliphatic carbocycles. The molecule has 0 aromatic heterocycles. The summed E-state index contributed by atoms with van der Waals surface area (Å²) in [5.41, 5.74) is 0.218. The highest BCUT2D eigenvalue weighted by Gasteiger charge is 2.20. The molecule has 21 heavy (non-hydrogen) atoms. The van der Waals surface area contributed by atoms with E-state index in [1.165, 1.54) is 18.2 Å². The van der Waals surface area contributed by atoms with E-state index < -0.39 is 5.97 Å². The molecule has 1 aromatic carbocycles. The molecule has 1 aromatic rings. The maximum Gasteiger partial charge on any atom is 0.337 e. The molecule has 2 amide bonds. The Kier molecular flexibility index (Phi) is 6.03. The number of carboxylic acid groups (broad SMARTS) is 1. The van der Waals surface area contributed by atoms with Crippen LogP contribution in [0.4, 0.5) is 10.5 Å². The van der Waals surface area contributed by atoms with Gasteiger partial charge in [-0.25, -0.2) is 9.59 Å². The minimum Gasteiger partial charge on any atom is -0.478 e. The lowest BCUT2D eigenvalue weighted by Gasteiger charge is -2.28. The van der Waals surface area contributed by atoms with E-state index in [2.05, 4.69) is 5.32 Å². The number of hydrogen-bond acceptors (Lipinski definition) is 2.